The van der Waals surface area contributed by atoms with Gasteiger partial charge < -0.3 is 10.2 Å². The number of nitrogens with zero attached hydrogens (tertiary/aromatic N) is 2. The minimum Gasteiger partial charge on any atom is -0.377 e. The highest BCUT2D eigenvalue weighted by molar-refractivity contribution is 6.00. The molecular formula is C12H15N3O3. The van der Waals surface area contributed by atoms with Gasteiger partial charge in [-0.15, -0.1) is 6.58 Å². The van der Waals surface area contributed by atoms with Crippen LogP contribution in [0.25, 0.3) is 0 Å². The van der Waals surface area contributed by atoms with E-state index in [4.69, 9.17) is 0 Å². The molecule has 6 nitrogen and oxygen atoms in total. The second kappa shape index (κ2) is 5.81. The van der Waals surface area contributed by atoms with Gasteiger partial charge in [-0.05, 0) is 6.07 Å². The molecule has 1 amide bonds. The van der Waals surface area contributed by atoms with Crippen LogP contribution in [0.1, 0.15) is 10.4 Å². The number of hydrogen-bond acceptors (Lipinski definition) is 4. The molecule has 6 heteroatoms. The summed E-state index contributed by atoms with van der Waals surface area (Å²) in [4.78, 5) is 23.8. The molecule has 0 fully saturated rings. The number of carbonyl (C=O) groups excluding carboxylic acids is 1. The Hall–Kier alpha value is -2.37. The summed E-state index contributed by atoms with van der Waals surface area (Å²) < 4.78 is 0. The van der Waals surface area contributed by atoms with Gasteiger partial charge >= 0.3 is 0 Å². The molecule has 0 saturated carbocycles. The van der Waals surface area contributed by atoms with E-state index in [0.29, 0.717) is 12.2 Å². The third-order valence-corrected chi connectivity index (χ3v) is 2.32. The normalized spacial score (nSPS) is 9.67. The Balaban J connectivity index is 3.18. The Morgan fingerprint density at radius 1 is 1.56 bits per heavy atom. The largest absolute Gasteiger partial charge is 0.377 e. The number of nitro groups is 1. The van der Waals surface area contributed by atoms with Gasteiger partial charge in [0.05, 0.1) is 10.5 Å². The van der Waals surface area contributed by atoms with E-state index in [9.17, 15) is 14.9 Å². The lowest BCUT2D eigenvalue weighted by Crippen LogP contribution is -2.25. The van der Waals surface area contributed by atoms with Gasteiger partial charge in [0, 0.05) is 38.5 Å². The van der Waals surface area contributed by atoms with Crippen molar-refractivity contribution >= 4 is 17.3 Å². The number of carbonyl (C=O) groups is 1. The molecule has 0 spiro atoms. The lowest BCUT2D eigenvalue weighted by molar-refractivity contribution is -0.384. The van der Waals surface area contributed by atoms with Crippen LogP contribution in [-0.2, 0) is 0 Å². The van der Waals surface area contributed by atoms with Crippen LogP contribution in [0, 0.1) is 10.1 Å². The number of anilines is 1. The van der Waals surface area contributed by atoms with Crippen molar-refractivity contribution in [1.82, 2.24) is 5.32 Å². The number of benzene rings is 1. The molecule has 96 valence electrons. The van der Waals surface area contributed by atoms with Crippen LogP contribution in [0.5, 0.6) is 0 Å². The minimum atomic E-state index is -0.524. The number of non-ortho nitro benzene ring substituents is 1. The highest BCUT2D eigenvalue weighted by Gasteiger charge is 2.17. The maximum absolute atomic E-state index is 11.9. The summed E-state index contributed by atoms with van der Waals surface area (Å²) in [6.45, 7) is 3.81. The standard InChI is InChI=1S/C12H15N3O3/c1-4-7-13-12(16)10-8-9(15(17)18)5-6-11(10)14(2)3/h4-6,8H,1,7H2,2-3H3,(H,13,16). The van der Waals surface area contributed by atoms with Gasteiger partial charge in [0.15, 0.2) is 0 Å². The summed E-state index contributed by atoms with van der Waals surface area (Å²) >= 11 is 0. The molecule has 0 aromatic heterocycles. The van der Waals surface area contributed by atoms with E-state index in [-0.39, 0.29) is 17.2 Å². The summed E-state index contributed by atoms with van der Waals surface area (Å²) in [5.74, 6) is -0.359. The Labute approximate surface area is 105 Å². The first kappa shape index (κ1) is 13.7. The van der Waals surface area contributed by atoms with Crippen molar-refractivity contribution < 1.29 is 9.72 Å². The SMILES string of the molecule is C=CCNC(=O)c1cc([N+](=O)[O-])ccc1N(C)C. The fraction of sp³-hybridized carbons (Fsp3) is 0.250. The Morgan fingerprint density at radius 2 is 2.22 bits per heavy atom. The maximum Gasteiger partial charge on any atom is 0.270 e. The Bertz CT molecular complexity index is 483. The molecule has 0 aliphatic carbocycles. The van der Waals surface area contributed by atoms with E-state index < -0.39 is 4.92 Å². The summed E-state index contributed by atoms with van der Waals surface area (Å²) in [6, 6.07) is 4.20. The molecule has 1 aromatic carbocycles. The molecular weight excluding hydrogens is 234 g/mol. The van der Waals surface area contributed by atoms with Crippen LogP contribution in [0.2, 0.25) is 0 Å². The zero-order chi connectivity index (χ0) is 13.7. The van der Waals surface area contributed by atoms with Crippen LogP contribution in [0.3, 0.4) is 0 Å². The molecule has 0 heterocycles. The molecule has 0 unspecified atom stereocenters. The fourth-order valence-corrected chi connectivity index (χ4v) is 1.47. The fourth-order valence-electron chi connectivity index (χ4n) is 1.47. The molecule has 0 radical (unpaired) electrons. The highest BCUT2D eigenvalue weighted by Crippen LogP contribution is 2.24. The summed E-state index contributed by atoms with van der Waals surface area (Å²) in [7, 11) is 3.54. The van der Waals surface area contributed by atoms with Crippen LogP contribution in [-0.4, -0.2) is 31.5 Å². The van der Waals surface area contributed by atoms with Crippen LogP contribution in [0.15, 0.2) is 30.9 Å². The second-order valence-electron chi connectivity index (χ2n) is 3.85. The van der Waals surface area contributed by atoms with E-state index >= 15 is 0 Å². The van der Waals surface area contributed by atoms with Gasteiger partial charge in [0.1, 0.15) is 0 Å². The topological polar surface area (TPSA) is 75.5 Å². The van der Waals surface area contributed by atoms with Crippen LogP contribution < -0.4 is 10.2 Å². The lowest BCUT2D eigenvalue weighted by atomic mass is 10.1. The molecule has 0 saturated heterocycles. The van der Waals surface area contributed by atoms with E-state index in [1.807, 2.05) is 0 Å². The van der Waals surface area contributed by atoms with Gasteiger partial charge in [0.25, 0.3) is 11.6 Å². The highest BCUT2D eigenvalue weighted by atomic mass is 16.6. The van der Waals surface area contributed by atoms with Crippen molar-refractivity contribution in [3.8, 4) is 0 Å². The minimum absolute atomic E-state index is 0.107. The van der Waals surface area contributed by atoms with Crippen LogP contribution >= 0.6 is 0 Å². The van der Waals surface area contributed by atoms with E-state index in [0.717, 1.165) is 0 Å². The average molecular weight is 249 g/mol. The zero-order valence-corrected chi connectivity index (χ0v) is 10.3. The predicted molar refractivity (Wildman–Crippen MR) is 70.0 cm³/mol. The quantitative estimate of drug-likeness (QED) is 0.488. The second-order valence-corrected chi connectivity index (χ2v) is 3.85. The number of nitro benzene ring substituents is 1. The Morgan fingerprint density at radius 3 is 2.72 bits per heavy atom. The molecule has 1 aromatic rings. The molecule has 1 N–H and O–H groups in total. The molecule has 1 rings (SSSR count). The molecule has 0 aliphatic heterocycles. The van der Waals surface area contributed by atoms with E-state index in [1.54, 1.807) is 31.1 Å². The van der Waals surface area contributed by atoms with Crippen molar-refractivity contribution in [2.24, 2.45) is 0 Å². The molecule has 0 bridgehead atoms. The number of hydrogen-bond donors (Lipinski definition) is 1. The van der Waals surface area contributed by atoms with Gasteiger partial charge in [0.2, 0.25) is 0 Å². The number of rotatable bonds is 5. The van der Waals surface area contributed by atoms with E-state index in [1.165, 1.54) is 12.1 Å². The molecule has 18 heavy (non-hydrogen) atoms. The first-order chi connectivity index (χ1) is 8.47. The monoisotopic (exact) mass is 249 g/mol. The summed E-state index contributed by atoms with van der Waals surface area (Å²) in [5, 5.41) is 13.3. The predicted octanol–water partition coefficient (Wildman–Crippen LogP) is 1.58. The smallest absolute Gasteiger partial charge is 0.270 e. The lowest BCUT2D eigenvalue weighted by Gasteiger charge is -2.16. The van der Waals surface area contributed by atoms with Crippen molar-refractivity contribution in [1.29, 1.82) is 0 Å². The first-order valence-corrected chi connectivity index (χ1v) is 5.32. The van der Waals surface area contributed by atoms with E-state index in [2.05, 4.69) is 11.9 Å². The molecule has 0 aliphatic rings. The van der Waals surface area contributed by atoms with Crippen LogP contribution in [0.4, 0.5) is 11.4 Å². The van der Waals surface area contributed by atoms with Crippen molar-refractivity contribution in [3.63, 3.8) is 0 Å². The maximum atomic E-state index is 11.9. The van der Waals surface area contributed by atoms with Gasteiger partial charge in [-0.1, -0.05) is 6.08 Å². The first-order valence-electron chi connectivity index (χ1n) is 5.32. The van der Waals surface area contributed by atoms with Crippen molar-refractivity contribution in [2.45, 2.75) is 0 Å². The third-order valence-electron chi connectivity index (χ3n) is 2.32. The number of amides is 1. The summed E-state index contributed by atoms with van der Waals surface area (Å²) in [6.07, 6.45) is 1.55. The van der Waals surface area contributed by atoms with Crippen molar-refractivity contribution in [2.75, 3.05) is 25.5 Å². The van der Waals surface area contributed by atoms with Gasteiger partial charge in [-0.2, -0.15) is 0 Å². The number of nitrogens with one attached hydrogen (secondary N) is 1. The van der Waals surface area contributed by atoms with Crippen molar-refractivity contribution in [3.05, 3.63) is 46.5 Å². The summed E-state index contributed by atoms with van der Waals surface area (Å²) in [5.41, 5.74) is 0.794. The zero-order valence-electron chi connectivity index (χ0n) is 10.3. The molecule has 0 atom stereocenters. The van der Waals surface area contributed by atoms with Gasteiger partial charge in [-0.3, -0.25) is 14.9 Å². The Kier molecular flexibility index (Phi) is 4.42. The average Bonchev–Trinajstić information content (AvgIpc) is 2.34. The third kappa shape index (κ3) is 3.07. The van der Waals surface area contributed by atoms with Gasteiger partial charge in [-0.25, -0.2) is 0 Å².